The minimum Gasteiger partial charge on any atom is -0.493 e. The largest absolute Gasteiger partial charge is 0.493 e. The van der Waals surface area contributed by atoms with Crippen molar-refractivity contribution in [1.29, 1.82) is 0 Å². The lowest BCUT2D eigenvalue weighted by Gasteiger charge is -2.37. The van der Waals surface area contributed by atoms with Gasteiger partial charge in [-0.2, -0.15) is 0 Å². The first kappa shape index (κ1) is 21.3. The van der Waals surface area contributed by atoms with E-state index in [1.54, 1.807) is 30.2 Å². The lowest BCUT2D eigenvalue weighted by molar-refractivity contribution is -0.141. The molecule has 154 valence electrons. The van der Waals surface area contributed by atoms with Crippen LogP contribution in [-0.4, -0.2) is 44.7 Å². The molecule has 29 heavy (non-hydrogen) atoms. The fraction of sp³-hybridized carbons (Fsp3) is 0.333. The molecule has 0 aromatic heterocycles. The number of amides is 1. The Hall–Kier alpha value is -2.44. The van der Waals surface area contributed by atoms with Gasteiger partial charge >= 0.3 is 5.97 Å². The summed E-state index contributed by atoms with van der Waals surface area (Å²) in [4.78, 5) is 27.1. The van der Waals surface area contributed by atoms with Crippen LogP contribution in [0.1, 0.15) is 33.9 Å². The second-order valence-corrected chi connectivity index (χ2v) is 7.42. The molecule has 1 aliphatic heterocycles. The first-order valence-corrected chi connectivity index (χ1v) is 9.72. The van der Waals surface area contributed by atoms with E-state index >= 15 is 0 Å². The van der Waals surface area contributed by atoms with Crippen LogP contribution >= 0.6 is 23.2 Å². The summed E-state index contributed by atoms with van der Waals surface area (Å²) in [5.41, 5.74) is 2.08. The summed E-state index contributed by atoms with van der Waals surface area (Å²) in [6.07, 6.45) is 0.597. The molecule has 0 radical (unpaired) electrons. The first-order valence-electron chi connectivity index (χ1n) is 8.97. The summed E-state index contributed by atoms with van der Waals surface area (Å²) in [7, 11) is 4.42. The number of benzene rings is 2. The number of nitrogens with zero attached hydrogens (tertiary/aromatic N) is 1. The first-order chi connectivity index (χ1) is 13.9. The molecule has 0 bridgehead atoms. The van der Waals surface area contributed by atoms with E-state index in [9.17, 15) is 9.59 Å². The monoisotopic (exact) mass is 437 g/mol. The number of carbonyl (C=O) groups is 2. The van der Waals surface area contributed by atoms with Gasteiger partial charge in [-0.15, -0.1) is 0 Å². The third-order valence-electron chi connectivity index (χ3n) is 5.01. The molecule has 0 saturated carbocycles. The van der Waals surface area contributed by atoms with Crippen LogP contribution in [0, 0.1) is 0 Å². The molecule has 3 rings (SSSR count). The molecule has 0 saturated heterocycles. The molecule has 0 spiro atoms. The van der Waals surface area contributed by atoms with Crippen LogP contribution in [0.2, 0.25) is 10.0 Å². The van der Waals surface area contributed by atoms with Gasteiger partial charge in [0.1, 0.15) is 0 Å². The van der Waals surface area contributed by atoms with Crippen molar-refractivity contribution in [1.82, 2.24) is 4.90 Å². The van der Waals surface area contributed by atoms with Crippen LogP contribution in [0.4, 0.5) is 0 Å². The Balaban J connectivity index is 2.07. The predicted molar refractivity (Wildman–Crippen MR) is 110 cm³/mol. The zero-order valence-corrected chi connectivity index (χ0v) is 17.8. The molecule has 2 aromatic rings. The number of hydrogen-bond acceptors (Lipinski definition) is 5. The lowest BCUT2D eigenvalue weighted by Crippen LogP contribution is -2.41. The maximum Gasteiger partial charge on any atom is 0.307 e. The van der Waals surface area contributed by atoms with E-state index in [1.807, 2.05) is 6.07 Å². The van der Waals surface area contributed by atoms with Crippen molar-refractivity contribution >= 4 is 35.1 Å². The summed E-state index contributed by atoms with van der Waals surface area (Å²) in [5.74, 6) is 0.399. The average molecular weight is 438 g/mol. The highest BCUT2D eigenvalue weighted by Crippen LogP contribution is 2.40. The maximum absolute atomic E-state index is 13.3. The van der Waals surface area contributed by atoms with Gasteiger partial charge in [-0.3, -0.25) is 9.59 Å². The number of methoxy groups -OCH3 is 3. The van der Waals surface area contributed by atoms with Crippen LogP contribution < -0.4 is 9.47 Å². The van der Waals surface area contributed by atoms with Gasteiger partial charge in [0.05, 0.1) is 44.4 Å². The number of fused-ring (bicyclic) bond motifs is 1. The average Bonchev–Trinajstić information content (AvgIpc) is 2.73. The molecule has 1 amide bonds. The van der Waals surface area contributed by atoms with Gasteiger partial charge < -0.3 is 19.1 Å². The predicted octanol–water partition coefficient (Wildman–Crippen LogP) is 4.31. The number of carbonyl (C=O) groups excluding carboxylic acids is 2. The summed E-state index contributed by atoms with van der Waals surface area (Å²) < 4.78 is 15.7. The number of hydrogen-bond donors (Lipinski definition) is 0. The van der Waals surface area contributed by atoms with Crippen molar-refractivity contribution in [2.75, 3.05) is 27.9 Å². The highest BCUT2D eigenvalue weighted by atomic mass is 35.5. The van der Waals surface area contributed by atoms with Crippen molar-refractivity contribution in [2.24, 2.45) is 0 Å². The van der Waals surface area contributed by atoms with Crippen molar-refractivity contribution in [3.05, 3.63) is 57.1 Å². The van der Waals surface area contributed by atoms with Crippen LogP contribution in [0.25, 0.3) is 0 Å². The molecule has 0 aliphatic carbocycles. The van der Waals surface area contributed by atoms with Gasteiger partial charge in [-0.05, 0) is 47.9 Å². The SMILES string of the molecule is COC(=O)CC1c2cc(OC)c(OC)cc2CCN1C(=O)c1cc(Cl)ccc1Cl. The van der Waals surface area contributed by atoms with Gasteiger partial charge in [0.2, 0.25) is 0 Å². The number of ether oxygens (including phenoxy) is 3. The topological polar surface area (TPSA) is 65.1 Å². The highest BCUT2D eigenvalue weighted by molar-refractivity contribution is 6.35. The van der Waals surface area contributed by atoms with Gasteiger partial charge in [-0.1, -0.05) is 23.2 Å². The zero-order chi connectivity index (χ0) is 21.1. The standard InChI is InChI=1S/C21H21Cl2NO5/c1-27-18-8-12-6-7-24(21(26)15-9-13(22)4-5-16(15)23)17(11-20(25)29-3)14(12)10-19(18)28-2/h4-5,8-10,17H,6-7,11H2,1-3H3. The third-order valence-corrected chi connectivity index (χ3v) is 5.57. The molecule has 1 aliphatic rings. The highest BCUT2D eigenvalue weighted by Gasteiger charge is 2.35. The van der Waals surface area contributed by atoms with Crippen LogP contribution in [0.5, 0.6) is 11.5 Å². The quantitative estimate of drug-likeness (QED) is 0.651. The van der Waals surface area contributed by atoms with Crippen molar-refractivity contribution in [2.45, 2.75) is 18.9 Å². The Labute approximate surface area is 179 Å². The summed E-state index contributed by atoms with van der Waals surface area (Å²) in [6, 6.07) is 7.89. The van der Waals surface area contributed by atoms with Crippen molar-refractivity contribution in [3.63, 3.8) is 0 Å². The number of esters is 1. The fourth-order valence-electron chi connectivity index (χ4n) is 3.55. The van der Waals surface area contributed by atoms with Gasteiger partial charge in [0, 0.05) is 11.6 Å². The molecule has 1 atom stereocenters. The van der Waals surface area contributed by atoms with Gasteiger partial charge in [-0.25, -0.2) is 0 Å². The van der Waals surface area contributed by atoms with Crippen LogP contribution in [-0.2, 0) is 16.0 Å². The maximum atomic E-state index is 13.3. The molecule has 1 unspecified atom stereocenters. The fourth-order valence-corrected chi connectivity index (χ4v) is 3.92. The van der Waals surface area contributed by atoms with E-state index in [2.05, 4.69) is 0 Å². The second-order valence-electron chi connectivity index (χ2n) is 6.57. The molecule has 0 N–H and O–H groups in total. The van der Waals surface area contributed by atoms with Crippen molar-refractivity contribution in [3.8, 4) is 11.5 Å². The summed E-state index contributed by atoms with van der Waals surface area (Å²) >= 11 is 12.3. The Kier molecular flexibility index (Phi) is 6.55. The molecule has 6 nitrogen and oxygen atoms in total. The minimum atomic E-state index is -0.534. The van der Waals surface area contributed by atoms with Crippen LogP contribution in [0.15, 0.2) is 30.3 Å². The van der Waals surface area contributed by atoms with Gasteiger partial charge in [0.15, 0.2) is 11.5 Å². The normalized spacial score (nSPS) is 15.5. The minimum absolute atomic E-state index is 0.00288. The van der Waals surface area contributed by atoms with E-state index in [0.29, 0.717) is 34.5 Å². The molecular weight excluding hydrogens is 417 g/mol. The Morgan fingerprint density at radius 1 is 1.07 bits per heavy atom. The van der Waals surface area contributed by atoms with E-state index in [1.165, 1.54) is 20.3 Å². The Morgan fingerprint density at radius 2 is 1.76 bits per heavy atom. The molecule has 8 heteroatoms. The smallest absolute Gasteiger partial charge is 0.307 e. The lowest BCUT2D eigenvalue weighted by atomic mass is 9.89. The van der Waals surface area contributed by atoms with E-state index in [0.717, 1.165) is 11.1 Å². The number of rotatable bonds is 5. The molecule has 0 fully saturated rings. The Bertz CT molecular complexity index is 947. The van der Waals surface area contributed by atoms with E-state index in [4.69, 9.17) is 37.4 Å². The van der Waals surface area contributed by atoms with Gasteiger partial charge in [0.25, 0.3) is 5.91 Å². The second kappa shape index (κ2) is 8.93. The van der Waals surface area contributed by atoms with Crippen LogP contribution in [0.3, 0.4) is 0 Å². The molecule has 2 aromatic carbocycles. The number of halogens is 2. The Morgan fingerprint density at radius 3 is 2.41 bits per heavy atom. The molecule has 1 heterocycles. The summed E-state index contributed by atoms with van der Waals surface area (Å²) in [5, 5.41) is 0.709. The summed E-state index contributed by atoms with van der Waals surface area (Å²) in [6.45, 7) is 0.409. The molecular formula is C21H21Cl2NO5. The third kappa shape index (κ3) is 4.28. The van der Waals surface area contributed by atoms with Crippen molar-refractivity contribution < 1.29 is 23.8 Å². The van der Waals surface area contributed by atoms with E-state index in [-0.39, 0.29) is 17.9 Å². The van der Waals surface area contributed by atoms with E-state index < -0.39 is 12.0 Å². The zero-order valence-electron chi connectivity index (χ0n) is 16.3.